The van der Waals surface area contributed by atoms with Gasteiger partial charge in [0.2, 0.25) is 5.95 Å². The molecule has 0 saturated heterocycles. The fraction of sp³-hybridized carbons (Fsp3) is 0.273. The highest BCUT2D eigenvalue weighted by Crippen LogP contribution is 2.15. The van der Waals surface area contributed by atoms with E-state index in [1.807, 2.05) is 24.5 Å². The SMILES string of the molecule is Cc1nc(N)n(Cc2ccc(Cl)nc2)c1C. The molecule has 2 aromatic rings. The van der Waals surface area contributed by atoms with Crippen molar-refractivity contribution >= 4 is 17.5 Å². The van der Waals surface area contributed by atoms with Crippen LogP contribution in [0.5, 0.6) is 0 Å². The maximum atomic E-state index is 5.83. The Hall–Kier alpha value is -1.55. The van der Waals surface area contributed by atoms with Crippen LogP contribution in [0.15, 0.2) is 18.3 Å². The van der Waals surface area contributed by atoms with E-state index in [0.717, 1.165) is 17.0 Å². The molecule has 2 aromatic heterocycles. The van der Waals surface area contributed by atoms with Crippen LogP contribution in [-0.4, -0.2) is 14.5 Å². The van der Waals surface area contributed by atoms with Gasteiger partial charge in [0.15, 0.2) is 0 Å². The zero-order chi connectivity index (χ0) is 11.7. The molecule has 2 N–H and O–H groups in total. The van der Waals surface area contributed by atoms with Crippen LogP contribution in [0.25, 0.3) is 0 Å². The quantitative estimate of drug-likeness (QED) is 0.814. The Morgan fingerprint density at radius 1 is 1.38 bits per heavy atom. The van der Waals surface area contributed by atoms with Crippen molar-refractivity contribution < 1.29 is 0 Å². The van der Waals surface area contributed by atoms with Gasteiger partial charge in [0.1, 0.15) is 5.15 Å². The van der Waals surface area contributed by atoms with E-state index in [2.05, 4.69) is 9.97 Å². The Morgan fingerprint density at radius 3 is 2.62 bits per heavy atom. The predicted octanol–water partition coefficient (Wildman–Crippen LogP) is 2.18. The molecule has 2 rings (SSSR count). The number of halogens is 1. The summed E-state index contributed by atoms with van der Waals surface area (Å²) in [5.41, 5.74) is 8.91. The number of nitrogen functional groups attached to an aromatic ring is 1. The average Bonchev–Trinajstić information content (AvgIpc) is 2.48. The van der Waals surface area contributed by atoms with Crippen LogP contribution in [-0.2, 0) is 6.54 Å². The number of anilines is 1. The summed E-state index contributed by atoms with van der Waals surface area (Å²) < 4.78 is 1.96. The molecule has 0 bridgehead atoms. The molecule has 0 aliphatic rings. The second kappa shape index (κ2) is 4.14. The Kier molecular flexibility index (Phi) is 2.83. The maximum absolute atomic E-state index is 5.83. The molecule has 2 heterocycles. The van der Waals surface area contributed by atoms with Crippen molar-refractivity contribution in [1.82, 2.24) is 14.5 Å². The number of aromatic nitrogens is 3. The Morgan fingerprint density at radius 2 is 2.12 bits per heavy atom. The van der Waals surface area contributed by atoms with Gasteiger partial charge >= 0.3 is 0 Å². The summed E-state index contributed by atoms with van der Waals surface area (Å²) in [7, 11) is 0. The molecule has 5 heteroatoms. The zero-order valence-electron chi connectivity index (χ0n) is 9.24. The maximum Gasteiger partial charge on any atom is 0.200 e. The van der Waals surface area contributed by atoms with Crippen molar-refractivity contribution in [3.05, 3.63) is 40.4 Å². The molecule has 84 valence electrons. The van der Waals surface area contributed by atoms with Crippen molar-refractivity contribution in [3.8, 4) is 0 Å². The van der Waals surface area contributed by atoms with E-state index >= 15 is 0 Å². The minimum absolute atomic E-state index is 0.496. The molecule has 0 saturated carbocycles. The van der Waals surface area contributed by atoms with Crippen LogP contribution in [0.1, 0.15) is 17.0 Å². The molecule has 0 spiro atoms. The van der Waals surface area contributed by atoms with Crippen LogP contribution in [0.3, 0.4) is 0 Å². The van der Waals surface area contributed by atoms with Gasteiger partial charge in [0.05, 0.1) is 12.2 Å². The molecule has 0 amide bonds. The lowest BCUT2D eigenvalue weighted by Gasteiger charge is -2.07. The largest absolute Gasteiger partial charge is 0.369 e. The molecular formula is C11H13ClN4. The van der Waals surface area contributed by atoms with Crippen molar-refractivity contribution in [2.75, 3.05) is 5.73 Å². The van der Waals surface area contributed by atoms with Crippen LogP contribution < -0.4 is 5.73 Å². The molecule has 0 aliphatic heterocycles. The van der Waals surface area contributed by atoms with Gasteiger partial charge in [-0.2, -0.15) is 0 Å². The standard InChI is InChI=1S/C11H13ClN4/c1-7-8(2)16(11(13)15-7)6-9-3-4-10(12)14-5-9/h3-5H,6H2,1-2H3,(H2,13,15). The number of hydrogen-bond donors (Lipinski definition) is 1. The van der Waals surface area contributed by atoms with E-state index in [1.165, 1.54) is 0 Å². The minimum atomic E-state index is 0.496. The average molecular weight is 237 g/mol. The third kappa shape index (κ3) is 2.02. The number of imidazole rings is 1. The second-order valence-corrected chi connectivity index (χ2v) is 4.10. The molecule has 0 aliphatic carbocycles. The van der Waals surface area contributed by atoms with Crippen molar-refractivity contribution in [2.24, 2.45) is 0 Å². The Bertz CT molecular complexity index is 501. The van der Waals surface area contributed by atoms with E-state index in [9.17, 15) is 0 Å². The second-order valence-electron chi connectivity index (χ2n) is 3.72. The summed E-state index contributed by atoms with van der Waals surface area (Å²) in [6.07, 6.45) is 1.75. The first-order valence-corrected chi connectivity index (χ1v) is 5.35. The van der Waals surface area contributed by atoms with Gasteiger partial charge in [-0.25, -0.2) is 9.97 Å². The summed E-state index contributed by atoms with van der Waals surface area (Å²) in [5, 5.41) is 0.496. The first kappa shape index (κ1) is 11.0. The zero-order valence-corrected chi connectivity index (χ0v) is 9.99. The van der Waals surface area contributed by atoms with E-state index in [4.69, 9.17) is 17.3 Å². The van der Waals surface area contributed by atoms with Gasteiger partial charge in [-0.15, -0.1) is 0 Å². The van der Waals surface area contributed by atoms with E-state index in [1.54, 1.807) is 12.3 Å². The number of nitrogens with two attached hydrogens (primary N) is 1. The van der Waals surface area contributed by atoms with E-state index in [0.29, 0.717) is 17.6 Å². The highest BCUT2D eigenvalue weighted by Gasteiger charge is 2.08. The Labute approximate surface area is 99.1 Å². The van der Waals surface area contributed by atoms with Crippen LogP contribution >= 0.6 is 11.6 Å². The number of hydrogen-bond acceptors (Lipinski definition) is 3. The summed E-state index contributed by atoms with van der Waals surface area (Å²) in [4.78, 5) is 8.25. The van der Waals surface area contributed by atoms with Crippen LogP contribution in [0.4, 0.5) is 5.95 Å². The topological polar surface area (TPSA) is 56.7 Å². The monoisotopic (exact) mass is 236 g/mol. The van der Waals surface area contributed by atoms with Crippen LogP contribution in [0, 0.1) is 13.8 Å². The van der Waals surface area contributed by atoms with Gasteiger partial charge in [0.25, 0.3) is 0 Å². The molecule has 0 atom stereocenters. The van der Waals surface area contributed by atoms with E-state index < -0.39 is 0 Å². The smallest absolute Gasteiger partial charge is 0.200 e. The van der Waals surface area contributed by atoms with Crippen LogP contribution in [0.2, 0.25) is 5.15 Å². The third-order valence-corrected chi connectivity index (χ3v) is 2.84. The van der Waals surface area contributed by atoms with Crippen molar-refractivity contribution in [3.63, 3.8) is 0 Å². The first-order valence-electron chi connectivity index (χ1n) is 4.97. The molecule has 0 radical (unpaired) electrons. The van der Waals surface area contributed by atoms with Crippen molar-refractivity contribution in [1.29, 1.82) is 0 Å². The highest BCUT2D eigenvalue weighted by atomic mass is 35.5. The minimum Gasteiger partial charge on any atom is -0.369 e. The van der Waals surface area contributed by atoms with Gasteiger partial charge in [-0.1, -0.05) is 17.7 Å². The lowest BCUT2D eigenvalue weighted by atomic mass is 10.3. The molecular weight excluding hydrogens is 224 g/mol. The van der Waals surface area contributed by atoms with Crippen molar-refractivity contribution in [2.45, 2.75) is 20.4 Å². The summed E-state index contributed by atoms with van der Waals surface area (Å²) in [6, 6.07) is 3.70. The van der Waals surface area contributed by atoms with Gasteiger partial charge < -0.3 is 10.3 Å². The number of pyridine rings is 1. The molecule has 0 aromatic carbocycles. The summed E-state index contributed by atoms with van der Waals surface area (Å²) in [5.74, 6) is 0.532. The molecule has 4 nitrogen and oxygen atoms in total. The van der Waals surface area contributed by atoms with Gasteiger partial charge in [0, 0.05) is 11.9 Å². The molecule has 0 unspecified atom stereocenters. The molecule has 16 heavy (non-hydrogen) atoms. The van der Waals surface area contributed by atoms with Gasteiger partial charge in [-0.3, -0.25) is 0 Å². The fourth-order valence-corrected chi connectivity index (χ4v) is 1.67. The lowest BCUT2D eigenvalue weighted by Crippen LogP contribution is -2.06. The fourth-order valence-electron chi connectivity index (χ4n) is 1.56. The normalized spacial score (nSPS) is 10.7. The number of rotatable bonds is 2. The summed E-state index contributed by atoms with van der Waals surface area (Å²) in [6.45, 7) is 4.62. The van der Waals surface area contributed by atoms with E-state index in [-0.39, 0.29) is 0 Å². The van der Waals surface area contributed by atoms with Gasteiger partial charge in [-0.05, 0) is 25.5 Å². The highest BCUT2D eigenvalue weighted by molar-refractivity contribution is 6.29. The third-order valence-electron chi connectivity index (χ3n) is 2.62. The molecule has 0 fully saturated rings. The predicted molar refractivity (Wildman–Crippen MR) is 64.5 cm³/mol. The lowest BCUT2D eigenvalue weighted by molar-refractivity contribution is 0.777. The number of nitrogens with zero attached hydrogens (tertiary/aromatic N) is 3. The Balaban J connectivity index is 2.30. The first-order chi connectivity index (χ1) is 7.58. The summed E-state index contributed by atoms with van der Waals surface area (Å²) >= 11 is 5.73. The number of aryl methyl sites for hydroxylation is 1.